The van der Waals surface area contributed by atoms with E-state index in [-0.39, 0.29) is 18.0 Å². The minimum absolute atomic E-state index is 0.0317. The monoisotopic (exact) mass is 315 g/mol. The van der Waals surface area contributed by atoms with Gasteiger partial charge in [-0.25, -0.2) is 4.79 Å². The van der Waals surface area contributed by atoms with Crippen LogP contribution in [-0.4, -0.2) is 47.2 Å². The first-order valence-electron chi connectivity index (χ1n) is 7.42. The predicted octanol–water partition coefficient (Wildman–Crippen LogP) is 1.54. The highest BCUT2D eigenvalue weighted by Gasteiger charge is 2.16. The number of aromatic amines is 1. The summed E-state index contributed by atoms with van der Waals surface area (Å²) in [5.74, 6) is -0.247. The lowest BCUT2D eigenvalue weighted by Gasteiger charge is -2.25. The van der Waals surface area contributed by atoms with Gasteiger partial charge < -0.3 is 15.5 Å². The number of carbonyl (C=O) groups is 2. The summed E-state index contributed by atoms with van der Waals surface area (Å²) in [5, 5.41) is 11.8. The molecule has 0 bridgehead atoms. The Balaban J connectivity index is 1.73. The van der Waals surface area contributed by atoms with Crippen molar-refractivity contribution in [2.24, 2.45) is 0 Å². The molecule has 0 aliphatic carbocycles. The van der Waals surface area contributed by atoms with E-state index in [2.05, 4.69) is 20.8 Å². The molecule has 7 nitrogen and oxygen atoms in total. The zero-order valence-electron chi connectivity index (χ0n) is 13.2. The van der Waals surface area contributed by atoms with Crippen molar-refractivity contribution in [1.29, 1.82) is 0 Å². The van der Waals surface area contributed by atoms with Crippen LogP contribution >= 0.6 is 0 Å². The zero-order valence-corrected chi connectivity index (χ0v) is 13.2. The molecular formula is C16H21N5O2. The van der Waals surface area contributed by atoms with Gasteiger partial charge in [0, 0.05) is 26.3 Å². The predicted molar refractivity (Wildman–Crippen MR) is 86.9 cm³/mol. The van der Waals surface area contributed by atoms with Gasteiger partial charge in [-0.15, -0.1) is 0 Å². The third-order valence-electron chi connectivity index (χ3n) is 3.62. The summed E-state index contributed by atoms with van der Waals surface area (Å²) in [7, 11) is 1.75. The van der Waals surface area contributed by atoms with Crippen molar-refractivity contribution in [1.82, 2.24) is 25.7 Å². The number of H-pyrrole nitrogens is 1. The van der Waals surface area contributed by atoms with Crippen molar-refractivity contribution in [3.8, 4) is 0 Å². The fourth-order valence-electron chi connectivity index (χ4n) is 2.08. The van der Waals surface area contributed by atoms with Crippen LogP contribution in [0.3, 0.4) is 0 Å². The molecule has 0 saturated heterocycles. The Morgan fingerprint density at radius 3 is 2.52 bits per heavy atom. The summed E-state index contributed by atoms with van der Waals surface area (Å²) in [5.41, 5.74) is 1.46. The van der Waals surface area contributed by atoms with Crippen molar-refractivity contribution in [2.75, 3.05) is 20.1 Å². The minimum Gasteiger partial charge on any atom is -0.349 e. The lowest BCUT2D eigenvalue weighted by Crippen LogP contribution is -2.42. The summed E-state index contributed by atoms with van der Waals surface area (Å²) >= 11 is 0. The van der Waals surface area contributed by atoms with Gasteiger partial charge in [-0.3, -0.25) is 9.89 Å². The number of aromatic nitrogens is 2. The zero-order chi connectivity index (χ0) is 16.7. The molecule has 0 saturated carbocycles. The summed E-state index contributed by atoms with van der Waals surface area (Å²) in [4.78, 5) is 25.4. The summed E-state index contributed by atoms with van der Waals surface area (Å²) in [6.07, 6.45) is 1.51. The Morgan fingerprint density at radius 2 is 1.87 bits per heavy atom. The first kappa shape index (κ1) is 16.5. The number of rotatable bonds is 6. The molecular weight excluding hydrogens is 294 g/mol. The van der Waals surface area contributed by atoms with Crippen molar-refractivity contribution < 1.29 is 9.59 Å². The number of nitrogens with zero attached hydrogens (tertiary/aromatic N) is 2. The fourth-order valence-corrected chi connectivity index (χ4v) is 2.08. The molecule has 0 aliphatic rings. The van der Waals surface area contributed by atoms with Crippen LogP contribution in [0.5, 0.6) is 0 Å². The van der Waals surface area contributed by atoms with Gasteiger partial charge in [0.25, 0.3) is 5.91 Å². The molecule has 1 unspecified atom stereocenters. The molecule has 1 aromatic heterocycles. The summed E-state index contributed by atoms with van der Waals surface area (Å²) < 4.78 is 0. The van der Waals surface area contributed by atoms with E-state index in [0.29, 0.717) is 18.8 Å². The standard InChI is InChI=1S/C16H21N5O2/c1-12(13-6-4-3-5-7-13)21(2)16(23)18-11-10-17-15(22)14-8-9-19-20-14/h3-9,12H,10-11H2,1-2H3,(H,17,22)(H,18,23)(H,19,20). The van der Waals surface area contributed by atoms with Gasteiger partial charge in [0.2, 0.25) is 0 Å². The van der Waals surface area contributed by atoms with Crippen LogP contribution in [0.15, 0.2) is 42.6 Å². The van der Waals surface area contributed by atoms with E-state index in [9.17, 15) is 9.59 Å². The average molecular weight is 315 g/mol. The quantitative estimate of drug-likeness (QED) is 0.706. The summed E-state index contributed by atoms with van der Waals surface area (Å²) in [6.45, 7) is 2.66. The Hall–Kier alpha value is -2.83. The van der Waals surface area contributed by atoms with Crippen LogP contribution in [0.2, 0.25) is 0 Å². The number of urea groups is 1. The molecule has 0 radical (unpaired) electrons. The maximum atomic E-state index is 12.1. The fraction of sp³-hybridized carbons (Fsp3) is 0.312. The largest absolute Gasteiger partial charge is 0.349 e. The molecule has 7 heteroatoms. The van der Waals surface area contributed by atoms with Gasteiger partial charge in [-0.05, 0) is 18.6 Å². The van der Waals surface area contributed by atoms with E-state index in [1.54, 1.807) is 18.0 Å². The molecule has 1 atom stereocenters. The number of hydrogen-bond donors (Lipinski definition) is 3. The van der Waals surface area contributed by atoms with E-state index in [0.717, 1.165) is 5.56 Å². The average Bonchev–Trinajstić information content (AvgIpc) is 3.12. The molecule has 1 aromatic carbocycles. The van der Waals surface area contributed by atoms with E-state index >= 15 is 0 Å². The van der Waals surface area contributed by atoms with Crippen molar-refractivity contribution in [3.63, 3.8) is 0 Å². The van der Waals surface area contributed by atoms with E-state index in [1.807, 2.05) is 37.3 Å². The van der Waals surface area contributed by atoms with Crippen LogP contribution in [0.1, 0.15) is 29.0 Å². The van der Waals surface area contributed by atoms with Gasteiger partial charge in [-0.2, -0.15) is 5.10 Å². The lowest BCUT2D eigenvalue weighted by molar-refractivity contribution is 0.0948. The van der Waals surface area contributed by atoms with Crippen LogP contribution in [0, 0.1) is 0 Å². The van der Waals surface area contributed by atoms with Gasteiger partial charge >= 0.3 is 6.03 Å². The van der Waals surface area contributed by atoms with Crippen molar-refractivity contribution in [3.05, 3.63) is 53.9 Å². The number of benzene rings is 1. The molecule has 0 fully saturated rings. The molecule has 2 aromatic rings. The van der Waals surface area contributed by atoms with Gasteiger partial charge in [0.1, 0.15) is 5.69 Å². The number of nitrogens with one attached hydrogen (secondary N) is 3. The SMILES string of the molecule is CC(c1ccccc1)N(C)C(=O)NCCNC(=O)c1ccn[nH]1. The highest BCUT2D eigenvalue weighted by Crippen LogP contribution is 2.17. The number of amides is 3. The Bertz CT molecular complexity index is 627. The molecule has 23 heavy (non-hydrogen) atoms. The Labute approximate surface area is 135 Å². The number of carbonyl (C=O) groups excluding carboxylic acids is 2. The van der Waals surface area contributed by atoms with Crippen molar-refractivity contribution >= 4 is 11.9 Å². The summed E-state index contributed by atoms with van der Waals surface area (Å²) in [6, 6.07) is 11.2. The van der Waals surface area contributed by atoms with E-state index < -0.39 is 0 Å². The third kappa shape index (κ3) is 4.57. The normalized spacial score (nSPS) is 11.6. The van der Waals surface area contributed by atoms with Crippen LogP contribution in [0.4, 0.5) is 4.79 Å². The molecule has 1 heterocycles. The molecule has 3 N–H and O–H groups in total. The van der Waals surface area contributed by atoms with Crippen molar-refractivity contribution in [2.45, 2.75) is 13.0 Å². The van der Waals surface area contributed by atoms with Crippen LogP contribution in [-0.2, 0) is 0 Å². The van der Waals surface area contributed by atoms with Gasteiger partial charge in [0.15, 0.2) is 0 Å². The maximum Gasteiger partial charge on any atom is 0.317 e. The third-order valence-corrected chi connectivity index (χ3v) is 3.62. The van der Waals surface area contributed by atoms with Gasteiger partial charge in [0.05, 0.1) is 6.04 Å². The van der Waals surface area contributed by atoms with E-state index in [4.69, 9.17) is 0 Å². The van der Waals surface area contributed by atoms with Crippen LogP contribution in [0.25, 0.3) is 0 Å². The van der Waals surface area contributed by atoms with E-state index in [1.165, 1.54) is 6.20 Å². The first-order valence-corrected chi connectivity index (χ1v) is 7.42. The number of hydrogen-bond acceptors (Lipinski definition) is 3. The second-order valence-corrected chi connectivity index (χ2v) is 5.16. The smallest absolute Gasteiger partial charge is 0.317 e. The molecule has 0 aliphatic heterocycles. The second kappa shape index (κ2) is 7.98. The first-order chi connectivity index (χ1) is 11.1. The topological polar surface area (TPSA) is 90.1 Å². The highest BCUT2D eigenvalue weighted by molar-refractivity contribution is 5.92. The Kier molecular flexibility index (Phi) is 5.74. The molecule has 2 rings (SSSR count). The molecule has 3 amide bonds. The minimum atomic E-state index is -0.247. The maximum absolute atomic E-state index is 12.1. The molecule has 0 spiro atoms. The second-order valence-electron chi connectivity index (χ2n) is 5.16. The van der Waals surface area contributed by atoms with Gasteiger partial charge in [-0.1, -0.05) is 30.3 Å². The lowest BCUT2D eigenvalue weighted by atomic mass is 10.1. The Morgan fingerprint density at radius 1 is 1.17 bits per heavy atom. The van der Waals surface area contributed by atoms with Crippen LogP contribution < -0.4 is 10.6 Å². The molecule has 122 valence electrons. The highest BCUT2D eigenvalue weighted by atomic mass is 16.2.